The van der Waals surface area contributed by atoms with Crippen molar-refractivity contribution in [3.8, 4) is 34.3 Å². The molecule has 0 aliphatic heterocycles. The number of methoxy groups -OCH3 is 4. The molecular weight excluding hydrogens is 406 g/mol. The molecule has 0 spiro atoms. The van der Waals surface area contributed by atoms with Crippen LogP contribution in [0.3, 0.4) is 0 Å². The highest BCUT2D eigenvalue weighted by atomic mass is 16.5. The van der Waals surface area contributed by atoms with E-state index in [9.17, 15) is 0 Å². The second-order valence-electron chi connectivity index (χ2n) is 7.00. The summed E-state index contributed by atoms with van der Waals surface area (Å²) in [6.45, 7) is 0.467. The molecule has 7 heteroatoms. The van der Waals surface area contributed by atoms with Crippen molar-refractivity contribution < 1.29 is 18.9 Å². The molecule has 7 nitrogen and oxygen atoms in total. The van der Waals surface area contributed by atoms with Crippen molar-refractivity contribution in [2.24, 2.45) is 0 Å². The van der Waals surface area contributed by atoms with Gasteiger partial charge in [0.05, 0.1) is 46.2 Å². The first-order valence-corrected chi connectivity index (χ1v) is 10.1. The van der Waals surface area contributed by atoms with Gasteiger partial charge in [-0.05, 0) is 36.4 Å². The van der Waals surface area contributed by atoms with Crippen LogP contribution in [0.25, 0.3) is 22.2 Å². The van der Waals surface area contributed by atoms with Crippen LogP contribution in [0.5, 0.6) is 23.0 Å². The van der Waals surface area contributed by atoms with Crippen molar-refractivity contribution in [3.05, 3.63) is 66.5 Å². The van der Waals surface area contributed by atoms with E-state index in [0.29, 0.717) is 35.4 Å². The summed E-state index contributed by atoms with van der Waals surface area (Å²) in [7, 11) is 6.45. The van der Waals surface area contributed by atoms with Crippen molar-refractivity contribution in [2.45, 2.75) is 6.54 Å². The van der Waals surface area contributed by atoms with Crippen molar-refractivity contribution in [1.29, 1.82) is 0 Å². The number of hydrogen-bond donors (Lipinski definition) is 1. The molecule has 0 aliphatic carbocycles. The first-order valence-electron chi connectivity index (χ1n) is 10.1. The zero-order valence-electron chi connectivity index (χ0n) is 18.5. The standard InChI is InChI=1S/C25H25N3O4/c1-29-20-11-10-16(12-21(20)30-2)25-18-13-22(31-3)23(32-4)14-19(18)27-24(28-25)15-26-17-8-6-5-7-9-17/h5-14,26H,15H2,1-4H3. The van der Waals surface area contributed by atoms with Gasteiger partial charge in [0.25, 0.3) is 0 Å². The lowest BCUT2D eigenvalue weighted by Gasteiger charge is -2.15. The molecule has 0 bridgehead atoms. The Labute approximate surface area is 186 Å². The van der Waals surface area contributed by atoms with E-state index in [1.54, 1.807) is 28.4 Å². The van der Waals surface area contributed by atoms with Gasteiger partial charge < -0.3 is 24.3 Å². The number of para-hydroxylation sites is 1. The zero-order chi connectivity index (χ0) is 22.5. The third kappa shape index (κ3) is 4.23. The SMILES string of the molecule is COc1ccc(-c2nc(CNc3ccccc3)nc3cc(OC)c(OC)cc23)cc1OC. The third-order valence-electron chi connectivity index (χ3n) is 5.13. The minimum atomic E-state index is 0.467. The number of ether oxygens (including phenoxy) is 4. The van der Waals surface area contributed by atoms with Gasteiger partial charge in [-0.2, -0.15) is 0 Å². The molecule has 4 aromatic rings. The average molecular weight is 431 g/mol. The van der Waals surface area contributed by atoms with Crippen LogP contribution >= 0.6 is 0 Å². The molecule has 0 fully saturated rings. The molecule has 0 saturated heterocycles. The molecular formula is C25H25N3O4. The van der Waals surface area contributed by atoms with Crippen LogP contribution in [-0.4, -0.2) is 38.4 Å². The fraction of sp³-hybridized carbons (Fsp3) is 0.200. The van der Waals surface area contributed by atoms with Crippen LogP contribution < -0.4 is 24.3 Å². The molecule has 0 aliphatic rings. The molecule has 32 heavy (non-hydrogen) atoms. The van der Waals surface area contributed by atoms with E-state index in [2.05, 4.69) is 5.32 Å². The van der Waals surface area contributed by atoms with E-state index in [0.717, 1.165) is 27.8 Å². The lowest BCUT2D eigenvalue weighted by atomic mass is 10.0. The number of nitrogens with one attached hydrogen (secondary N) is 1. The molecule has 0 unspecified atom stereocenters. The Morgan fingerprint density at radius 2 is 1.34 bits per heavy atom. The summed E-state index contributed by atoms with van der Waals surface area (Å²) in [5, 5.41) is 4.22. The number of nitrogens with zero attached hydrogens (tertiary/aromatic N) is 2. The average Bonchev–Trinajstić information content (AvgIpc) is 2.86. The van der Waals surface area contributed by atoms with Crippen LogP contribution in [0.2, 0.25) is 0 Å². The van der Waals surface area contributed by atoms with Gasteiger partial charge in [0, 0.05) is 22.7 Å². The van der Waals surface area contributed by atoms with Crippen LogP contribution in [0.1, 0.15) is 5.82 Å². The predicted octanol–water partition coefficient (Wildman–Crippen LogP) is 4.94. The maximum atomic E-state index is 5.51. The maximum absolute atomic E-state index is 5.51. The van der Waals surface area contributed by atoms with E-state index in [4.69, 9.17) is 28.9 Å². The highest BCUT2D eigenvalue weighted by Gasteiger charge is 2.16. The summed E-state index contributed by atoms with van der Waals surface area (Å²) in [6.07, 6.45) is 0. The second-order valence-corrected chi connectivity index (χ2v) is 7.00. The van der Waals surface area contributed by atoms with Crippen molar-refractivity contribution in [2.75, 3.05) is 33.8 Å². The summed E-state index contributed by atoms with van der Waals surface area (Å²) < 4.78 is 21.9. The Morgan fingerprint density at radius 1 is 0.688 bits per heavy atom. The van der Waals surface area contributed by atoms with Gasteiger partial charge in [0.15, 0.2) is 23.0 Å². The van der Waals surface area contributed by atoms with Crippen molar-refractivity contribution >= 4 is 16.6 Å². The Balaban J connectivity index is 1.86. The summed E-state index contributed by atoms with van der Waals surface area (Å²) >= 11 is 0. The Bertz CT molecular complexity index is 1230. The minimum Gasteiger partial charge on any atom is -0.493 e. The van der Waals surface area contributed by atoms with Gasteiger partial charge in [-0.3, -0.25) is 0 Å². The number of benzene rings is 3. The van der Waals surface area contributed by atoms with Gasteiger partial charge >= 0.3 is 0 Å². The van der Waals surface area contributed by atoms with Gasteiger partial charge in [-0.1, -0.05) is 18.2 Å². The Kier molecular flexibility index (Phi) is 6.26. The molecule has 0 radical (unpaired) electrons. The number of anilines is 1. The summed E-state index contributed by atoms with van der Waals surface area (Å²) in [5.41, 5.74) is 3.40. The molecule has 1 heterocycles. The number of rotatable bonds is 8. The number of hydrogen-bond acceptors (Lipinski definition) is 7. The molecule has 1 aromatic heterocycles. The topological polar surface area (TPSA) is 74.7 Å². The third-order valence-corrected chi connectivity index (χ3v) is 5.13. The second kappa shape index (κ2) is 9.43. The van der Waals surface area contributed by atoms with Gasteiger partial charge in [0.2, 0.25) is 0 Å². The monoisotopic (exact) mass is 431 g/mol. The van der Waals surface area contributed by atoms with Crippen LogP contribution in [-0.2, 0) is 6.54 Å². The van der Waals surface area contributed by atoms with E-state index in [1.807, 2.05) is 60.7 Å². The highest BCUT2D eigenvalue weighted by Crippen LogP contribution is 2.38. The van der Waals surface area contributed by atoms with E-state index >= 15 is 0 Å². The van der Waals surface area contributed by atoms with Gasteiger partial charge in [-0.25, -0.2) is 9.97 Å². The van der Waals surface area contributed by atoms with Crippen LogP contribution in [0.15, 0.2) is 60.7 Å². The lowest BCUT2D eigenvalue weighted by Crippen LogP contribution is -2.06. The van der Waals surface area contributed by atoms with Crippen LogP contribution in [0.4, 0.5) is 5.69 Å². The first kappa shape index (κ1) is 21.2. The first-order chi connectivity index (χ1) is 15.7. The van der Waals surface area contributed by atoms with Crippen LogP contribution in [0, 0.1) is 0 Å². The van der Waals surface area contributed by atoms with Crippen molar-refractivity contribution in [1.82, 2.24) is 9.97 Å². The zero-order valence-corrected chi connectivity index (χ0v) is 18.5. The maximum Gasteiger partial charge on any atom is 0.162 e. The smallest absolute Gasteiger partial charge is 0.162 e. The normalized spacial score (nSPS) is 10.6. The van der Waals surface area contributed by atoms with E-state index in [1.165, 1.54) is 0 Å². The molecule has 0 atom stereocenters. The number of aromatic nitrogens is 2. The molecule has 3 aromatic carbocycles. The fourth-order valence-electron chi connectivity index (χ4n) is 3.52. The minimum absolute atomic E-state index is 0.467. The van der Waals surface area contributed by atoms with E-state index in [-0.39, 0.29) is 0 Å². The fourth-order valence-corrected chi connectivity index (χ4v) is 3.52. The molecule has 164 valence electrons. The molecule has 0 amide bonds. The summed E-state index contributed by atoms with van der Waals surface area (Å²) in [5.74, 6) is 3.15. The largest absolute Gasteiger partial charge is 0.493 e. The molecule has 0 saturated carbocycles. The lowest BCUT2D eigenvalue weighted by molar-refractivity contribution is 0.355. The summed E-state index contributed by atoms with van der Waals surface area (Å²) in [4.78, 5) is 9.65. The Morgan fingerprint density at radius 3 is 2.03 bits per heavy atom. The predicted molar refractivity (Wildman–Crippen MR) is 125 cm³/mol. The van der Waals surface area contributed by atoms with Gasteiger partial charge in [-0.15, -0.1) is 0 Å². The van der Waals surface area contributed by atoms with Gasteiger partial charge in [0.1, 0.15) is 5.82 Å². The molecule has 1 N–H and O–H groups in total. The van der Waals surface area contributed by atoms with Crippen molar-refractivity contribution in [3.63, 3.8) is 0 Å². The Hall–Kier alpha value is -4.00. The van der Waals surface area contributed by atoms with E-state index < -0.39 is 0 Å². The number of fused-ring (bicyclic) bond motifs is 1. The molecule has 4 rings (SSSR count). The quantitative estimate of drug-likeness (QED) is 0.423. The highest BCUT2D eigenvalue weighted by molar-refractivity contribution is 5.94. The summed E-state index contributed by atoms with van der Waals surface area (Å²) in [6, 6.07) is 19.4.